The van der Waals surface area contributed by atoms with Gasteiger partial charge in [-0.1, -0.05) is 49.2 Å². The van der Waals surface area contributed by atoms with Crippen LogP contribution in [0.25, 0.3) is 11.1 Å². The number of fused-ring (bicyclic) bond motifs is 1. The highest BCUT2D eigenvalue weighted by Gasteiger charge is 2.44. The van der Waals surface area contributed by atoms with E-state index >= 15 is 0 Å². The van der Waals surface area contributed by atoms with Crippen molar-refractivity contribution in [2.75, 3.05) is 6.16 Å². The Balaban J connectivity index is 2.13. The largest absolute Gasteiger partial charge is 0.440 e. The quantitative estimate of drug-likeness (QED) is 0.725. The van der Waals surface area contributed by atoms with Gasteiger partial charge in [-0.3, -0.25) is 4.57 Å². The zero-order valence-corrected chi connectivity index (χ0v) is 15.8. The zero-order chi connectivity index (χ0) is 18.2. The zero-order valence-electron chi connectivity index (χ0n) is 14.1. The first kappa shape index (κ1) is 18.4. The minimum Gasteiger partial charge on any atom is -0.440 e. The average molecular weight is 382 g/mol. The molecule has 2 atom stereocenters. The second kappa shape index (κ2) is 6.73. The molecule has 0 spiro atoms. The molecule has 0 amide bonds. The van der Waals surface area contributed by atoms with Crippen molar-refractivity contribution in [3.63, 3.8) is 0 Å². The lowest BCUT2D eigenvalue weighted by molar-refractivity contribution is 0.299. The van der Waals surface area contributed by atoms with Gasteiger partial charge >= 0.3 is 7.60 Å². The summed E-state index contributed by atoms with van der Waals surface area (Å²) in [5.74, 6) is 0.0789. The molecule has 0 fully saturated rings. The molecule has 0 saturated carbocycles. The number of hydrogen-bond acceptors (Lipinski definition) is 3. The highest BCUT2D eigenvalue weighted by Crippen LogP contribution is 2.49. The number of oxazole rings is 1. The SMILES string of the molecule is CCC1=CC(CP(=O)(O)O)C(CC)(c2nc3cc(Cl)ccc3o2)C=C1. The van der Waals surface area contributed by atoms with E-state index in [1.54, 1.807) is 18.2 Å². The van der Waals surface area contributed by atoms with Crippen LogP contribution in [0.2, 0.25) is 5.02 Å². The molecule has 2 aromatic rings. The fourth-order valence-corrected chi connectivity index (χ4v) is 4.52. The van der Waals surface area contributed by atoms with Crippen LogP contribution in [0.15, 0.2) is 46.4 Å². The monoisotopic (exact) mass is 381 g/mol. The van der Waals surface area contributed by atoms with Crippen molar-refractivity contribution in [3.05, 3.63) is 52.9 Å². The Labute approximate surface area is 151 Å². The summed E-state index contributed by atoms with van der Waals surface area (Å²) in [5, 5.41) is 0.567. The van der Waals surface area contributed by atoms with Crippen LogP contribution < -0.4 is 0 Å². The van der Waals surface area contributed by atoms with Crippen LogP contribution in [0.1, 0.15) is 32.6 Å². The van der Waals surface area contributed by atoms with Crippen LogP contribution in [0, 0.1) is 5.92 Å². The van der Waals surface area contributed by atoms with Gasteiger partial charge in [0.25, 0.3) is 0 Å². The van der Waals surface area contributed by atoms with Gasteiger partial charge in [-0.05, 0) is 31.0 Å². The van der Waals surface area contributed by atoms with Gasteiger partial charge in [-0.25, -0.2) is 4.98 Å². The maximum Gasteiger partial charge on any atom is 0.326 e. The summed E-state index contributed by atoms with van der Waals surface area (Å²) in [6.45, 7) is 3.99. The standard InChI is InChI=1S/C18H21ClNO4P/c1-3-12-7-8-18(4-2,13(9-12)11-25(21,22)23)17-20-15-10-14(19)5-6-16(15)24-17/h5-10,13H,3-4,11H2,1-2H3,(H2,21,22,23). The molecule has 2 N–H and O–H groups in total. The van der Waals surface area contributed by atoms with Crippen molar-refractivity contribution >= 4 is 30.3 Å². The maximum atomic E-state index is 11.7. The lowest BCUT2D eigenvalue weighted by Gasteiger charge is -2.36. The van der Waals surface area contributed by atoms with Crippen LogP contribution in [0.3, 0.4) is 0 Å². The van der Waals surface area contributed by atoms with Crippen LogP contribution in [0.5, 0.6) is 0 Å². The van der Waals surface area contributed by atoms with E-state index in [0.29, 0.717) is 28.4 Å². The van der Waals surface area contributed by atoms with Crippen LogP contribution in [-0.4, -0.2) is 20.9 Å². The van der Waals surface area contributed by atoms with Gasteiger partial charge in [0, 0.05) is 10.9 Å². The number of hydrogen-bond donors (Lipinski definition) is 2. The minimum absolute atomic E-state index is 0.242. The van der Waals surface area contributed by atoms with Crippen LogP contribution in [-0.2, 0) is 9.98 Å². The van der Waals surface area contributed by atoms with Gasteiger partial charge in [0.15, 0.2) is 5.58 Å². The van der Waals surface area contributed by atoms with E-state index in [-0.39, 0.29) is 12.1 Å². The van der Waals surface area contributed by atoms with Crippen molar-refractivity contribution in [3.8, 4) is 0 Å². The Morgan fingerprint density at radius 2 is 2.12 bits per heavy atom. The highest BCUT2D eigenvalue weighted by atomic mass is 35.5. The van der Waals surface area contributed by atoms with Gasteiger partial charge in [0.1, 0.15) is 5.52 Å². The second-order valence-electron chi connectivity index (χ2n) is 6.41. The molecule has 1 aliphatic carbocycles. The third-order valence-electron chi connectivity index (χ3n) is 4.85. The molecular weight excluding hydrogens is 361 g/mol. The molecule has 7 heteroatoms. The van der Waals surface area contributed by atoms with Gasteiger partial charge in [0.2, 0.25) is 5.89 Å². The smallest absolute Gasteiger partial charge is 0.326 e. The van der Waals surface area contributed by atoms with E-state index < -0.39 is 13.0 Å². The van der Waals surface area contributed by atoms with Gasteiger partial charge in [-0.2, -0.15) is 0 Å². The van der Waals surface area contributed by atoms with Crippen molar-refractivity contribution in [1.29, 1.82) is 0 Å². The van der Waals surface area contributed by atoms with Gasteiger partial charge in [-0.15, -0.1) is 0 Å². The molecule has 1 aromatic carbocycles. The molecular formula is C18H21ClNO4P. The first-order valence-electron chi connectivity index (χ1n) is 8.28. The molecule has 0 aliphatic heterocycles. The summed E-state index contributed by atoms with van der Waals surface area (Å²) in [5.41, 5.74) is 1.62. The van der Waals surface area contributed by atoms with Crippen molar-refractivity contribution in [2.24, 2.45) is 5.92 Å². The lowest BCUT2D eigenvalue weighted by atomic mass is 9.70. The van der Waals surface area contributed by atoms with Crippen molar-refractivity contribution in [1.82, 2.24) is 4.98 Å². The summed E-state index contributed by atoms with van der Waals surface area (Å²) in [7, 11) is -4.20. The first-order chi connectivity index (χ1) is 11.8. The van der Waals surface area contributed by atoms with E-state index in [2.05, 4.69) is 4.98 Å². The van der Waals surface area contributed by atoms with Crippen LogP contribution in [0.4, 0.5) is 0 Å². The third-order valence-corrected chi connectivity index (χ3v) is 5.95. The predicted molar refractivity (Wildman–Crippen MR) is 98.9 cm³/mol. The topological polar surface area (TPSA) is 83.6 Å². The second-order valence-corrected chi connectivity index (χ2v) is 8.54. The van der Waals surface area contributed by atoms with E-state index in [0.717, 1.165) is 12.0 Å². The Morgan fingerprint density at radius 1 is 1.36 bits per heavy atom. The third kappa shape index (κ3) is 3.61. The molecule has 0 bridgehead atoms. The molecule has 25 heavy (non-hydrogen) atoms. The van der Waals surface area contributed by atoms with Crippen molar-refractivity contribution in [2.45, 2.75) is 32.1 Å². The van der Waals surface area contributed by atoms with Gasteiger partial charge < -0.3 is 14.2 Å². The van der Waals surface area contributed by atoms with E-state index in [1.807, 2.05) is 32.1 Å². The Bertz CT molecular complexity index is 898. The molecule has 0 saturated heterocycles. The Kier molecular flexibility index (Phi) is 4.95. The molecule has 1 aromatic heterocycles. The first-order valence-corrected chi connectivity index (χ1v) is 10.5. The summed E-state index contributed by atoms with van der Waals surface area (Å²) in [4.78, 5) is 23.7. The van der Waals surface area contributed by atoms with Crippen molar-refractivity contribution < 1.29 is 18.8 Å². The molecule has 1 aliphatic rings. The fraction of sp³-hybridized carbons (Fsp3) is 0.389. The normalized spacial score (nSPS) is 23.9. The summed E-state index contributed by atoms with van der Waals surface area (Å²) < 4.78 is 17.7. The maximum absolute atomic E-state index is 11.7. The van der Waals surface area contributed by atoms with E-state index in [1.165, 1.54) is 0 Å². The number of benzene rings is 1. The molecule has 1 heterocycles. The summed E-state index contributed by atoms with van der Waals surface area (Å²) in [6.07, 6.45) is 7.11. The summed E-state index contributed by atoms with van der Waals surface area (Å²) in [6, 6.07) is 5.22. The molecule has 2 unspecified atom stereocenters. The minimum atomic E-state index is -4.20. The molecule has 0 radical (unpaired) electrons. The predicted octanol–water partition coefficient (Wildman–Crippen LogP) is 4.83. The summed E-state index contributed by atoms with van der Waals surface area (Å²) >= 11 is 6.03. The van der Waals surface area contributed by atoms with Gasteiger partial charge in [0.05, 0.1) is 11.6 Å². The lowest BCUT2D eigenvalue weighted by Crippen LogP contribution is -2.36. The molecule has 5 nitrogen and oxygen atoms in total. The van der Waals surface area contributed by atoms with E-state index in [9.17, 15) is 14.4 Å². The Hall–Kier alpha value is -1.39. The van der Waals surface area contributed by atoms with Crippen LogP contribution >= 0.6 is 19.2 Å². The number of halogens is 1. The number of aromatic nitrogens is 1. The average Bonchev–Trinajstić information content (AvgIpc) is 2.96. The molecule has 134 valence electrons. The Morgan fingerprint density at radius 3 is 2.76 bits per heavy atom. The fourth-order valence-electron chi connectivity index (χ4n) is 3.41. The molecule has 3 rings (SSSR count). The number of nitrogens with zero attached hydrogens (tertiary/aromatic N) is 1. The number of allylic oxidation sites excluding steroid dienone is 4. The van der Waals surface area contributed by atoms with E-state index in [4.69, 9.17) is 16.0 Å². The number of rotatable bonds is 5. The highest BCUT2D eigenvalue weighted by molar-refractivity contribution is 7.51.